The number of H-pyrrole nitrogens is 1. The third-order valence-corrected chi connectivity index (χ3v) is 5.50. The number of thioether (sulfide) groups is 1. The van der Waals surface area contributed by atoms with Crippen LogP contribution in [0.1, 0.15) is 32.5 Å². The van der Waals surface area contributed by atoms with Crippen molar-refractivity contribution in [2.75, 3.05) is 19.1 Å². The number of rotatable bonds is 6. The smallest absolute Gasteiger partial charge is 0.260 e. The summed E-state index contributed by atoms with van der Waals surface area (Å²) < 4.78 is 26.0. The Bertz CT molecular complexity index is 482. The topological polar surface area (TPSA) is 66.1 Å². The Balaban J connectivity index is 2.98. The molecular weight excluding hydrogens is 270 g/mol. The molecule has 0 saturated heterocycles. The second-order valence-corrected chi connectivity index (χ2v) is 7.49. The molecule has 0 amide bonds. The second kappa shape index (κ2) is 6.08. The minimum atomic E-state index is -3.47. The molecule has 0 aromatic carbocycles. The van der Waals surface area contributed by atoms with Crippen LogP contribution in [-0.4, -0.2) is 47.8 Å². The Labute approximate surface area is 113 Å². The van der Waals surface area contributed by atoms with Crippen LogP contribution >= 0.6 is 11.8 Å². The maximum Gasteiger partial charge on any atom is 0.260 e. The molecule has 1 heterocycles. The first-order valence-electron chi connectivity index (χ1n) is 5.82. The van der Waals surface area contributed by atoms with Gasteiger partial charge in [0, 0.05) is 24.8 Å². The molecule has 0 bridgehead atoms. The number of hydrogen-bond donors (Lipinski definition) is 1. The van der Waals surface area contributed by atoms with E-state index in [-0.39, 0.29) is 17.0 Å². The first-order valence-corrected chi connectivity index (χ1v) is 8.66. The largest absolute Gasteiger partial charge is 0.332 e. The lowest BCUT2D eigenvalue weighted by molar-refractivity contribution is 0.413. The van der Waals surface area contributed by atoms with E-state index in [4.69, 9.17) is 0 Å². The first-order chi connectivity index (χ1) is 8.30. The fourth-order valence-corrected chi connectivity index (χ4v) is 3.56. The summed E-state index contributed by atoms with van der Waals surface area (Å²) in [6.45, 7) is 5.83. The van der Waals surface area contributed by atoms with Gasteiger partial charge in [0.1, 0.15) is 5.82 Å². The molecule has 18 heavy (non-hydrogen) atoms. The van der Waals surface area contributed by atoms with Gasteiger partial charge in [-0.2, -0.15) is 16.1 Å². The van der Waals surface area contributed by atoms with Gasteiger partial charge in [0.15, 0.2) is 5.03 Å². The molecule has 1 aromatic rings. The molecule has 7 heteroatoms. The molecule has 1 N–H and O–H groups in total. The van der Waals surface area contributed by atoms with Crippen LogP contribution in [0, 0.1) is 0 Å². The zero-order chi connectivity index (χ0) is 13.9. The van der Waals surface area contributed by atoms with Crippen LogP contribution in [0.5, 0.6) is 0 Å². The average molecular weight is 291 g/mol. The molecule has 5 nitrogen and oxygen atoms in total. The van der Waals surface area contributed by atoms with Crippen LogP contribution in [0.25, 0.3) is 0 Å². The van der Waals surface area contributed by atoms with Gasteiger partial charge in [-0.1, -0.05) is 13.8 Å². The number of sulfonamides is 1. The molecule has 0 radical (unpaired) electrons. The molecule has 0 aliphatic heterocycles. The molecule has 0 fully saturated rings. The third-order valence-electron chi connectivity index (χ3n) is 2.80. The van der Waals surface area contributed by atoms with E-state index >= 15 is 0 Å². The summed E-state index contributed by atoms with van der Waals surface area (Å²) in [7, 11) is -1.87. The van der Waals surface area contributed by atoms with Gasteiger partial charge in [-0.3, -0.25) is 0 Å². The maximum absolute atomic E-state index is 12.3. The lowest BCUT2D eigenvalue weighted by Gasteiger charge is -2.22. The fraction of sp³-hybridized carbons (Fsp3) is 0.727. The van der Waals surface area contributed by atoms with Crippen LogP contribution < -0.4 is 0 Å². The minimum absolute atomic E-state index is 0.0456. The van der Waals surface area contributed by atoms with Crippen molar-refractivity contribution in [3.05, 3.63) is 12.0 Å². The van der Waals surface area contributed by atoms with E-state index in [1.807, 2.05) is 27.0 Å². The molecular formula is C11H21N3O2S2. The highest BCUT2D eigenvalue weighted by Gasteiger charge is 2.27. The van der Waals surface area contributed by atoms with Crippen LogP contribution in [-0.2, 0) is 10.0 Å². The number of imidazole rings is 1. The number of nitrogens with one attached hydrogen (secondary N) is 1. The molecule has 1 atom stereocenters. The summed E-state index contributed by atoms with van der Waals surface area (Å²) >= 11 is 1.63. The summed E-state index contributed by atoms with van der Waals surface area (Å²) in [6.07, 6.45) is 3.36. The summed E-state index contributed by atoms with van der Waals surface area (Å²) in [5.41, 5.74) is 0. The molecule has 0 saturated carbocycles. The Kier molecular flexibility index (Phi) is 5.24. The second-order valence-electron chi connectivity index (χ2n) is 4.61. The van der Waals surface area contributed by atoms with Crippen LogP contribution in [0.3, 0.4) is 0 Å². The lowest BCUT2D eigenvalue weighted by atomic mass is 10.2. The molecule has 1 rings (SSSR count). The van der Waals surface area contributed by atoms with Gasteiger partial charge in [0.2, 0.25) is 0 Å². The Morgan fingerprint density at radius 1 is 1.44 bits per heavy atom. The van der Waals surface area contributed by atoms with E-state index in [2.05, 4.69) is 9.97 Å². The summed E-state index contributed by atoms with van der Waals surface area (Å²) in [6, 6.07) is -0.0456. The minimum Gasteiger partial charge on any atom is -0.332 e. The van der Waals surface area contributed by atoms with Gasteiger partial charge in [0.05, 0.1) is 6.20 Å². The van der Waals surface area contributed by atoms with Crippen molar-refractivity contribution in [3.8, 4) is 0 Å². The Morgan fingerprint density at radius 3 is 2.50 bits per heavy atom. The highest BCUT2D eigenvalue weighted by Crippen LogP contribution is 2.18. The standard InChI is InChI=1S/C11H21N3O2S2/c1-8(2)11-12-6-10(13-11)18(15,16)14(4)9(3)7-17-5/h6,8-9H,7H2,1-5H3,(H,12,13)/t9-/m1/s1. The fourth-order valence-electron chi connectivity index (χ4n) is 1.48. The first kappa shape index (κ1) is 15.5. The zero-order valence-corrected chi connectivity index (χ0v) is 13.1. The molecule has 0 aliphatic rings. The lowest BCUT2D eigenvalue weighted by Crippen LogP contribution is -2.36. The molecule has 0 unspecified atom stereocenters. The van der Waals surface area contributed by atoms with Gasteiger partial charge >= 0.3 is 0 Å². The summed E-state index contributed by atoms with van der Waals surface area (Å²) in [5, 5.41) is 0.168. The number of hydrogen-bond acceptors (Lipinski definition) is 4. The van der Waals surface area contributed by atoms with Crippen LogP contribution in [0.4, 0.5) is 0 Å². The van der Waals surface area contributed by atoms with Crippen molar-refractivity contribution in [1.29, 1.82) is 0 Å². The SMILES string of the molecule is CSC[C@@H](C)N(C)S(=O)(=O)c1cnc(C(C)C)[nH]1. The van der Waals surface area contributed by atoms with Crippen molar-refractivity contribution in [2.24, 2.45) is 0 Å². The van der Waals surface area contributed by atoms with Gasteiger partial charge in [-0.25, -0.2) is 13.4 Å². The Morgan fingerprint density at radius 2 is 2.06 bits per heavy atom. The predicted octanol–water partition coefficient (Wildman–Crippen LogP) is 1.91. The average Bonchev–Trinajstić information content (AvgIpc) is 2.78. The van der Waals surface area contributed by atoms with Crippen molar-refractivity contribution in [2.45, 2.75) is 37.8 Å². The molecule has 0 aliphatic carbocycles. The molecule has 104 valence electrons. The number of aromatic amines is 1. The highest BCUT2D eigenvalue weighted by atomic mass is 32.2. The number of nitrogens with zero attached hydrogens (tertiary/aromatic N) is 2. The molecule has 1 aromatic heterocycles. The van der Waals surface area contributed by atoms with E-state index < -0.39 is 10.0 Å². The van der Waals surface area contributed by atoms with E-state index in [1.165, 1.54) is 10.5 Å². The van der Waals surface area contributed by atoms with Crippen molar-refractivity contribution in [1.82, 2.24) is 14.3 Å². The normalized spacial score (nSPS) is 14.4. The maximum atomic E-state index is 12.3. The summed E-state index contributed by atoms with van der Waals surface area (Å²) in [4.78, 5) is 6.99. The van der Waals surface area contributed by atoms with Crippen molar-refractivity contribution < 1.29 is 8.42 Å². The van der Waals surface area contributed by atoms with E-state index in [0.29, 0.717) is 5.82 Å². The van der Waals surface area contributed by atoms with Crippen molar-refractivity contribution >= 4 is 21.8 Å². The predicted molar refractivity (Wildman–Crippen MR) is 75.5 cm³/mol. The van der Waals surface area contributed by atoms with E-state index in [9.17, 15) is 8.42 Å². The quantitative estimate of drug-likeness (QED) is 0.869. The monoisotopic (exact) mass is 291 g/mol. The zero-order valence-electron chi connectivity index (χ0n) is 11.5. The summed E-state index contributed by atoms with van der Waals surface area (Å²) in [5.74, 6) is 1.64. The van der Waals surface area contributed by atoms with E-state index in [1.54, 1.807) is 18.8 Å². The third kappa shape index (κ3) is 3.27. The van der Waals surface area contributed by atoms with Gasteiger partial charge in [0.25, 0.3) is 10.0 Å². The van der Waals surface area contributed by atoms with Crippen molar-refractivity contribution in [3.63, 3.8) is 0 Å². The Hall–Kier alpha value is -0.530. The van der Waals surface area contributed by atoms with Gasteiger partial charge in [-0.05, 0) is 13.2 Å². The molecule has 0 spiro atoms. The van der Waals surface area contributed by atoms with E-state index in [0.717, 1.165) is 5.75 Å². The van der Waals surface area contributed by atoms with Gasteiger partial charge < -0.3 is 4.98 Å². The van der Waals surface area contributed by atoms with Crippen LogP contribution in [0.2, 0.25) is 0 Å². The van der Waals surface area contributed by atoms with Crippen LogP contribution in [0.15, 0.2) is 11.2 Å². The highest BCUT2D eigenvalue weighted by molar-refractivity contribution is 7.98. The number of aromatic nitrogens is 2. The van der Waals surface area contributed by atoms with Gasteiger partial charge in [-0.15, -0.1) is 0 Å².